The van der Waals surface area contributed by atoms with Crippen LogP contribution in [0.15, 0.2) is 42.5 Å². The number of fused-ring (bicyclic) bond motifs is 1. The lowest BCUT2D eigenvalue weighted by molar-refractivity contribution is -0.144. The van der Waals surface area contributed by atoms with Crippen LogP contribution in [-0.2, 0) is 22.4 Å². The molecule has 0 spiro atoms. The first-order valence-electron chi connectivity index (χ1n) is 9.99. The molecule has 152 valence electrons. The molecule has 1 atom stereocenters. The zero-order valence-electron chi connectivity index (χ0n) is 16.7. The van der Waals surface area contributed by atoms with Crippen LogP contribution in [0.4, 0.5) is 5.69 Å². The van der Waals surface area contributed by atoms with E-state index in [-0.39, 0.29) is 17.7 Å². The molecule has 0 aliphatic heterocycles. The van der Waals surface area contributed by atoms with Gasteiger partial charge in [0.2, 0.25) is 0 Å². The third-order valence-electron chi connectivity index (χ3n) is 5.18. The lowest BCUT2D eigenvalue weighted by Gasteiger charge is -2.24. The van der Waals surface area contributed by atoms with Gasteiger partial charge in [-0.1, -0.05) is 25.1 Å². The molecule has 4 N–H and O–H groups in total. The number of amides is 1. The van der Waals surface area contributed by atoms with Gasteiger partial charge in [0.25, 0.3) is 5.91 Å². The van der Waals surface area contributed by atoms with Gasteiger partial charge in [0.05, 0.1) is 6.61 Å². The topological polar surface area (TPSA) is 105 Å². The van der Waals surface area contributed by atoms with Crippen LogP contribution in [0.2, 0.25) is 0 Å². The molecule has 1 unspecified atom stereocenters. The summed E-state index contributed by atoms with van der Waals surface area (Å²) >= 11 is 0. The number of carbonyl (C=O) groups excluding carboxylic acids is 2. The predicted molar refractivity (Wildman–Crippen MR) is 113 cm³/mol. The first-order valence-corrected chi connectivity index (χ1v) is 9.99. The molecule has 6 heteroatoms. The molecule has 3 rings (SSSR count). The Morgan fingerprint density at radius 3 is 2.55 bits per heavy atom. The molecule has 1 aliphatic carbocycles. The van der Waals surface area contributed by atoms with Gasteiger partial charge in [-0.2, -0.15) is 0 Å². The van der Waals surface area contributed by atoms with Crippen molar-refractivity contribution in [3.63, 3.8) is 0 Å². The summed E-state index contributed by atoms with van der Waals surface area (Å²) in [7, 11) is 0. The van der Waals surface area contributed by atoms with E-state index in [0.29, 0.717) is 30.1 Å². The standard InChI is InChI=1S/C23H27N3O3/c1-2-11-29-21(27)13-15-3-4-19-14-20(10-9-18(19)12-15)26-23(28)17-7-5-16(6-8-17)22(24)25/h5-10,14-15H,2-4,11-13H2,1H3,(H3,24,25)(H,26,28). The van der Waals surface area contributed by atoms with Gasteiger partial charge in [0.15, 0.2) is 0 Å². The molecule has 0 heterocycles. The SMILES string of the molecule is CCCOC(=O)CC1CCc2cc(NC(=O)c3ccc(C(=N)N)cc3)ccc2C1. The maximum atomic E-state index is 12.5. The third kappa shape index (κ3) is 5.44. The van der Waals surface area contributed by atoms with E-state index < -0.39 is 0 Å². The van der Waals surface area contributed by atoms with Crippen LogP contribution in [0.5, 0.6) is 0 Å². The quantitative estimate of drug-likeness (QED) is 0.379. The first kappa shape index (κ1) is 20.6. The summed E-state index contributed by atoms with van der Waals surface area (Å²) in [4.78, 5) is 24.3. The molecule has 29 heavy (non-hydrogen) atoms. The van der Waals surface area contributed by atoms with Gasteiger partial charge >= 0.3 is 5.97 Å². The Morgan fingerprint density at radius 2 is 1.86 bits per heavy atom. The van der Waals surface area contributed by atoms with Crippen molar-refractivity contribution >= 4 is 23.4 Å². The summed E-state index contributed by atoms with van der Waals surface area (Å²) in [5.41, 5.74) is 9.74. The van der Waals surface area contributed by atoms with Gasteiger partial charge in [-0.15, -0.1) is 0 Å². The highest BCUT2D eigenvalue weighted by atomic mass is 16.5. The number of nitrogens with one attached hydrogen (secondary N) is 2. The van der Waals surface area contributed by atoms with Crippen LogP contribution >= 0.6 is 0 Å². The number of hydrogen-bond donors (Lipinski definition) is 3. The van der Waals surface area contributed by atoms with E-state index >= 15 is 0 Å². The van der Waals surface area contributed by atoms with Crippen LogP contribution in [0.25, 0.3) is 0 Å². The molecule has 0 saturated heterocycles. The van der Waals surface area contributed by atoms with Crippen molar-refractivity contribution in [2.75, 3.05) is 11.9 Å². The Kier molecular flexibility index (Phi) is 6.65. The van der Waals surface area contributed by atoms with Crippen LogP contribution in [0.3, 0.4) is 0 Å². The summed E-state index contributed by atoms with van der Waals surface area (Å²) < 4.78 is 5.20. The summed E-state index contributed by atoms with van der Waals surface area (Å²) in [6, 6.07) is 12.6. The zero-order valence-corrected chi connectivity index (χ0v) is 16.7. The number of hydrogen-bond acceptors (Lipinski definition) is 4. The van der Waals surface area contributed by atoms with Gasteiger partial charge in [-0.3, -0.25) is 15.0 Å². The zero-order chi connectivity index (χ0) is 20.8. The minimum absolute atomic E-state index is 0.0245. The smallest absolute Gasteiger partial charge is 0.306 e. The third-order valence-corrected chi connectivity index (χ3v) is 5.18. The maximum absolute atomic E-state index is 12.5. The number of rotatable bonds is 7. The van der Waals surface area contributed by atoms with Crippen LogP contribution < -0.4 is 11.1 Å². The minimum Gasteiger partial charge on any atom is -0.466 e. The number of nitrogen functional groups attached to an aromatic ring is 1. The Labute approximate surface area is 171 Å². The Morgan fingerprint density at radius 1 is 1.14 bits per heavy atom. The van der Waals surface area contributed by atoms with E-state index in [1.54, 1.807) is 24.3 Å². The number of nitrogens with two attached hydrogens (primary N) is 1. The fourth-order valence-corrected chi connectivity index (χ4v) is 3.60. The molecule has 0 bridgehead atoms. The molecular weight excluding hydrogens is 366 g/mol. The highest BCUT2D eigenvalue weighted by Crippen LogP contribution is 2.30. The number of carbonyl (C=O) groups is 2. The molecule has 1 aliphatic rings. The average molecular weight is 393 g/mol. The van der Waals surface area contributed by atoms with E-state index in [0.717, 1.165) is 31.4 Å². The van der Waals surface area contributed by atoms with E-state index in [1.807, 2.05) is 25.1 Å². The summed E-state index contributed by atoms with van der Waals surface area (Å²) in [6.45, 7) is 2.48. The van der Waals surface area contributed by atoms with E-state index in [9.17, 15) is 9.59 Å². The molecule has 0 saturated carbocycles. The lowest BCUT2D eigenvalue weighted by Crippen LogP contribution is -2.20. The molecule has 6 nitrogen and oxygen atoms in total. The number of esters is 1. The van der Waals surface area contributed by atoms with Gasteiger partial charge in [0, 0.05) is 23.2 Å². The first-order chi connectivity index (χ1) is 14.0. The van der Waals surface area contributed by atoms with Crippen molar-refractivity contribution in [2.24, 2.45) is 11.7 Å². The molecule has 0 radical (unpaired) electrons. The monoisotopic (exact) mass is 393 g/mol. The van der Waals surface area contributed by atoms with E-state index in [2.05, 4.69) is 5.32 Å². The molecular formula is C23H27N3O3. The number of aryl methyl sites for hydroxylation is 1. The van der Waals surface area contributed by atoms with E-state index in [1.165, 1.54) is 11.1 Å². The van der Waals surface area contributed by atoms with Crippen molar-refractivity contribution in [1.29, 1.82) is 5.41 Å². The molecule has 1 amide bonds. The Balaban J connectivity index is 1.60. The summed E-state index contributed by atoms with van der Waals surface area (Å²) in [5, 5.41) is 10.3. The van der Waals surface area contributed by atoms with Crippen LogP contribution in [0.1, 0.15) is 53.2 Å². The van der Waals surface area contributed by atoms with Gasteiger partial charge in [-0.25, -0.2) is 0 Å². The Hall–Kier alpha value is -3.15. The molecule has 0 aromatic heterocycles. The lowest BCUT2D eigenvalue weighted by atomic mass is 9.82. The number of ether oxygens (including phenoxy) is 1. The number of anilines is 1. The van der Waals surface area contributed by atoms with E-state index in [4.69, 9.17) is 15.9 Å². The maximum Gasteiger partial charge on any atom is 0.306 e. The minimum atomic E-state index is -0.201. The van der Waals surface area contributed by atoms with Crippen LogP contribution in [-0.4, -0.2) is 24.3 Å². The fraction of sp³-hybridized carbons (Fsp3) is 0.348. The second kappa shape index (κ2) is 9.37. The highest BCUT2D eigenvalue weighted by molar-refractivity contribution is 6.05. The fourth-order valence-electron chi connectivity index (χ4n) is 3.60. The van der Waals surface area contributed by atoms with Crippen LogP contribution in [0, 0.1) is 11.3 Å². The number of benzene rings is 2. The normalized spacial score (nSPS) is 15.3. The summed E-state index contributed by atoms with van der Waals surface area (Å²) in [5.74, 6) is -0.0250. The van der Waals surface area contributed by atoms with Crippen molar-refractivity contribution in [2.45, 2.75) is 39.0 Å². The Bertz CT molecular complexity index is 906. The highest BCUT2D eigenvalue weighted by Gasteiger charge is 2.22. The van der Waals surface area contributed by atoms with Gasteiger partial charge in [-0.05, 0) is 67.0 Å². The van der Waals surface area contributed by atoms with Crippen molar-refractivity contribution in [3.05, 3.63) is 64.7 Å². The second-order valence-corrected chi connectivity index (χ2v) is 7.46. The largest absolute Gasteiger partial charge is 0.466 e. The predicted octanol–water partition coefficient (Wildman–Crippen LogP) is 3.67. The molecule has 0 fully saturated rings. The number of amidine groups is 1. The summed E-state index contributed by atoms with van der Waals surface area (Å²) in [6.07, 6.45) is 4.00. The molecule has 2 aromatic rings. The van der Waals surface area contributed by atoms with Crippen molar-refractivity contribution < 1.29 is 14.3 Å². The van der Waals surface area contributed by atoms with Gasteiger partial charge < -0.3 is 15.8 Å². The average Bonchev–Trinajstić information content (AvgIpc) is 2.72. The van der Waals surface area contributed by atoms with Gasteiger partial charge in [0.1, 0.15) is 5.84 Å². The van der Waals surface area contributed by atoms with Crippen molar-refractivity contribution in [1.82, 2.24) is 0 Å². The molecule has 2 aromatic carbocycles. The van der Waals surface area contributed by atoms with Crippen molar-refractivity contribution in [3.8, 4) is 0 Å². The second-order valence-electron chi connectivity index (χ2n) is 7.46.